The average Bonchev–Trinajstić information content (AvgIpc) is 3.17. The summed E-state index contributed by atoms with van der Waals surface area (Å²) in [4.78, 5) is 43.6. The van der Waals surface area contributed by atoms with E-state index in [0.717, 1.165) is 10.1 Å². The number of rotatable bonds is 6. The maximum Gasteiger partial charge on any atom is 0.332 e. The van der Waals surface area contributed by atoms with Gasteiger partial charge in [-0.1, -0.05) is 49.8 Å². The maximum atomic E-state index is 13.3. The molecule has 4 rings (SSSR count). The van der Waals surface area contributed by atoms with Crippen LogP contribution in [0.1, 0.15) is 24.5 Å². The monoisotopic (exact) mass is 421 g/mol. The van der Waals surface area contributed by atoms with E-state index in [1.807, 2.05) is 37.3 Å². The fraction of sp³-hybridized carbons (Fsp3) is 0.273. The molecule has 4 aromatic rings. The van der Waals surface area contributed by atoms with Crippen molar-refractivity contribution in [3.63, 3.8) is 0 Å². The number of fused-ring (bicyclic) bond motifs is 3. The molecule has 1 N–H and O–H groups in total. The van der Waals surface area contributed by atoms with Gasteiger partial charge in [-0.15, -0.1) is 6.58 Å². The predicted molar refractivity (Wildman–Crippen MR) is 118 cm³/mol. The number of imidazole rings is 1. The summed E-state index contributed by atoms with van der Waals surface area (Å²) < 4.78 is 4.96. The maximum absolute atomic E-state index is 13.3. The average molecular weight is 421 g/mol. The number of aromatic nitrogens is 5. The van der Waals surface area contributed by atoms with Crippen molar-refractivity contribution in [3.05, 3.63) is 85.3 Å². The lowest BCUT2D eigenvalue weighted by atomic mass is 10.1. The number of hydrogen-bond donors (Lipinski definition) is 1. The molecular formula is C22H23N5O4. The Morgan fingerprint density at radius 1 is 1.10 bits per heavy atom. The minimum atomic E-state index is -0.623. The molecule has 0 aliphatic rings. The Balaban J connectivity index is 2.20. The summed E-state index contributed by atoms with van der Waals surface area (Å²) in [6.07, 6.45) is 2.41. The molecule has 0 amide bonds. The minimum absolute atomic E-state index is 0.00288. The smallest absolute Gasteiger partial charge is 0.332 e. The first-order chi connectivity index (χ1) is 14.9. The van der Waals surface area contributed by atoms with Crippen molar-refractivity contribution in [2.24, 2.45) is 7.05 Å². The number of aromatic hydroxyl groups is 1. The lowest BCUT2D eigenvalue weighted by Crippen LogP contribution is -2.39. The molecule has 9 heteroatoms. The number of nitrogens with zero attached hydrogens (tertiary/aromatic N) is 5. The number of benzene rings is 1. The third-order valence-corrected chi connectivity index (χ3v) is 5.35. The quantitative estimate of drug-likeness (QED) is 0.474. The van der Waals surface area contributed by atoms with E-state index in [-0.39, 0.29) is 41.5 Å². The van der Waals surface area contributed by atoms with Crippen molar-refractivity contribution in [1.29, 1.82) is 0 Å². The van der Waals surface area contributed by atoms with Gasteiger partial charge >= 0.3 is 5.69 Å². The lowest BCUT2D eigenvalue weighted by Gasteiger charge is -2.14. The Morgan fingerprint density at radius 3 is 2.45 bits per heavy atom. The summed E-state index contributed by atoms with van der Waals surface area (Å²) in [5.74, 6) is -0.0837. The van der Waals surface area contributed by atoms with Gasteiger partial charge in [0.2, 0.25) is 11.7 Å². The molecule has 3 heterocycles. The molecule has 0 saturated heterocycles. The molecule has 160 valence electrons. The lowest BCUT2D eigenvalue weighted by molar-refractivity contribution is 0.411. The van der Waals surface area contributed by atoms with Gasteiger partial charge in [0.25, 0.3) is 11.1 Å². The van der Waals surface area contributed by atoms with Crippen LogP contribution in [0.5, 0.6) is 5.88 Å². The standard InChI is InChI=1S/C22H23N5O4/c1-4-9-15-18(28)26(13-14-10-7-6-8-11-14)21-23-17-16(27(21)19(15)29)20(30)25(12-5-2)22(31)24(17)3/h5-8,10-11,28H,2,4,9,12-13H2,1,3H3. The van der Waals surface area contributed by atoms with Crippen LogP contribution in [0.3, 0.4) is 0 Å². The van der Waals surface area contributed by atoms with Crippen molar-refractivity contribution in [2.45, 2.75) is 32.9 Å². The molecule has 0 aliphatic heterocycles. The van der Waals surface area contributed by atoms with Gasteiger partial charge in [0, 0.05) is 13.6 Å². The van der Waals surface area contributed by atoms with Gasteiger partial charge in [-0.05, 0) is 12.0 Å². The van der Waals surface area contributed by atoms with Crippen LogP contribution in [-0.2, 0) is 26.6 Å². The molecule has 31 heavy (non-hydrogen) atoms. The normalized spacial score (nSPS) is 11.4. The van der Waals surface area contributed by atoms with Crippen molar-refractivity contribution in [2.75, 3.05) is 0 Å². The highest BCUT2D eigenvalue weighted by molar-refractivity contribution is 5.75. The van der Waals surface area contributed by atoms with E-state index >= 15 is 0 Å². The van der Waals surface area contributed by atoms with E-state index in [9.17, 15) is 19.5 Å². The van der Waals surface area contributed by atoms with Gasteiger partial charge in [0.1, 0.15) is 0 Å². The third kappa shape index (κ3) is 3.09. The fourth-order valence-electron chi connectivity index (χ4n) is 3.84. The Bertz CT molecular complexity index is 1490. The second-order valence-corrected chi connectivity index (χ2v) is 7.39. The Kier molecular flexibility index (Phi) is 5.10. The highest BCUT2D eigenvalue weighted by atomic mass is 16.3. The van der Waals surface area contributed by atoms with Gasteiger partial charge in [0.05, 0.1) is 12.1 Å². The SMILES string of the molecule is C=CCn1c(=O)c2c(nc3n(Cc4ccccc4)c(O)c(CCC)c(=O)n23)n(C)c1=O. The summed E-state index contributed by atoms with van der Waals surface area (Å²) in [6.45, 7) is 5.75. The van der Waals surface area contributed by atoms with E-state index in [1.54, 1.807) is 0 Å². The van der Waals surface area contributed by atoms with Gasteiger partial charge in [-0.25, -0.2) is 9.20 Å². The van der Waals surface area contributed by atoms with Crippen LogP contribution in [0.4, 0.5) is 0 Å². The highest BCUT2D eigenvalue weighted by Crippen LogP contribution is 2.22. The second kappa shape index (κ2) is 7.75. The van der Waals surface area contributed by atoms with Gasteiger partial charge < -0.3 is 5.11 Å². The van der Waals surface area contributed by atoms with Crippen LogP contribution in [0, 0.1) is 0 Å². The second-order valence-electron chi connectivity index (χ2n) is 7.39. The zero-order chi connectivity index (χ0) is 22.3. The minimum Gasteiger partial charge on any atom is -0.494 e. The first kappa shape index (κ1) is 20.4. The van der Waals surface area contributed by atoms with E-state index in [4.69, 9.17) is 0 Å². The Morgan fingerprint density at radius 2 is 1.81 bits per heavy atom. The van der Waals surface area contributed by atoms with Crippen LogP contribution in [-0.4, -0.2) is 28.2 Å². The van der Waals surface area contributed by atoms with E-state index < -0.39 is 16.8 Å². The molecule has 0 unspecified atom stereocenters. The van der Waals surface area contributed by atoms with Crippen molar-refractivity contribution in [1.82, 2.24) is 23.1 Å². The molecule has 3 aromatic heterocycles. The summed E-state index contributed by atoms with van der Waals surface area (Å²) in [6, 6.07) is 9.41. The van der Waals surface area contributed by atoms with E-state index in [1.165, 1.54) is 26.7 Å². The van der Waals surface area contributed by atoms with Crippen molar-refractivity contribution in [3.8, 4) is 5.88 Å². The predicted octanol–water partition coefficient (Wildman–Crippen LogP) is 1.40. The Labute approximate surface area is 176 Å². The van der Waals surface area contributed by atoms with Crippen LogP contribution in [0.15, 0.2) is 57.4 Å². The largest absolute Gasteiger partial charge is 0.494 e. The summed E-state index contributed by atoms with van der Waals surface area (Å²) in [5, 5.41) is 11.0. The number of aryl methyl sites for hydroxylation is 1. The Hall–Kier alpha value is -3.88. The van der Waals surface area contributed by atoms with Gasteiger partial charge in [-0.3, -0.25) is 23.3 Å². The van der Waals surface area contributed by atoms with Crippen molar-refractivity contribution >= 4 is 16.9 Å². The number of allylic oxidation sites excluding steroid dienone is 1. The van der Waals surface area contributed by atoms with Crippen LogP contribution in [0.2, 0.25) is 0 Å². The molecule has 0 atom stereocenters. The van der Waals surface area contributed by atoms with Crippen LogP contribution >= 0.6 is 0 Å². The summed E-state index contributed by atoms with van der Waals surface area (Å²) >= 11 is 0. The molecule has 0 aliphatic carbocycles. The molecular weight excluding hydrogens is 398 g/mol. The molecule has 0 fully saturated rings. The van der Waals surface area contributed by atoms with Crippen LogP contribution < -0.4 is 16.8 Å². The van der Waals surface area contributed by atoms with Gasteiger partial charge in [0.15, 0.2) is 11.2 Å². The highest BCUT2D eigenvalue weighted by Gasteiger charge is 2.24. The molecule has 0 bridgehead atoms. The zero-order valence-corrected chi connectivity index (χ0v) is 17.4. The van der Waals surface area contributed by atoms with Crippen LogP contribution in [0.25, 0.3) is 16.9 Å². The van der Waals surface area contributed by atoms with Gasteiger partial charge in [-0.2, -0.15) is 4.98 Å². The van der Waals surface area contributed by atoms with Crippen molar-refractivity contribution < 1.29 is 5.11 Å². The van der Waals surface area contributed by atoms with E-state index in [2.05, 4.69) is 11.6 Å². The first-order valence-corrected chi connectivity index (χ1v) is 10.0. The molecule has 0 radical (unpaired) electrons. The molecule has 1 aromatic carbocycles. The molecule has 9 nitrogen and oxygen atoms in total. The topological polar surface area (TPSA) is 104 Å². The first-order valence-electron chi connectivity index (χ1n) is 10.0. The van der Waals surface area contributed by atoms with E-state index in [0.29, 0.717) is 12.8 Å². The number of hydrogen-bond acceptors (Lipinski definition) is 5. The zero-order valence-electron chi connectivity index (χ0n) is 17.4. The molecule has 0 spiro atoms. The third-order valence-electron chi connectivity index (χ3n) is 5.35. The fourth-order valence-corrected chi connectivity index (χ4v) is 3.84. The summed E-state index contributed by atoms with van der Waals surface area (Å²) in [5.41, 5.74) is -0.514. The summed E-state index contributed by atoms with van der Waals surface area (Å²) in [7, 11) is 1.49. The molecule has 0 saturated carbocycles.